The molecule has 0 aromatic heterocycles. The zero-order valence-electron chi connectivity index (χ0n) is 9.20. The van der Waals surface area contributed by atoms with Gasteiger partial charge in [0.1, 0.15) is 6.04 Å². The highest BCUT2D eigenvalue weighted by molar-refractivity contribution is 5.80. The number of primary amides is 1. The molecule has 1 aliphatic rings. The molecule has 88 valence electrons. The largest absolute Gasteiger partial charge is 0.379 e. The highest BCUT2D eigenvalue weighted by Gasteiger charge is 2.27. The molecule has 0 aromatic carbocycles. The van der Waals surface area contributed by atoms with Crippen LogP contribution in [-0.4, -0.2) is 44.4 Å². The van der Waals surface area contributed by atoms with E-state index in [1.807, 2.05) is 6.92 Å². The van der Waals surface area contributed by atoms with E-state index in [4.69, 9.17) is 15.2 Å². The number of carbonyl (C=O) groups is 1. The van der Waals surface area contributed by atoms with E-state index < -0.39 is 0 Å². The lowest BCUT2D eigenvalue weighted by Crippen LogP contribution is -2.45. The quantitative estimate of drug-likeness (QED) is 0.516. The number of rotatable bonds is 9. The Labute approximate surface area is 90.3 Å². The van der Waals surface area contributed by atoms with Gasteiger partial charge in [0.15, 0.2) is 0 Å². The molecule has 1 fully saturated rings. The van der Waals surface area contributed by atoms with E-state index in [0.717, 1.165) is 12.8 Å². The number of nitrogens with two attached hydrogens (primary N) is 1. The highest BCUT2D eigenvalue weighted by Crippen LogP contribution is 2.19. The number of hydrogen-bond donors (Lipinski definition) is 2. The third-order valence-corrected chi connectivity index (χ3v) is 2.22. The van der Waals surface area contributed by atoms with Crippen molar-refractivity contribution in [2.24, 2.45) is 5.73 Å². The van der Waals surface area contributed by atoms with Crippen LogP contribution >= 0.6 is 0 Å². The van der Waals surface area contributed by atoms with E-state index in [0.29, 0.717) is 32.5 Å². The molecule has 0 aromatic rings. The Balaban J connectivity index is 2.05. The Bertz CT molecular complexity index is 195. The molecule has 3 N–H and O–H groups in total. The summed E-state index contributed by atoms with van der Waals surface area (Å²) in [6, 6.07) is 0.0946. The average molecular weight is 216 g/mol. The van der Waals surface area contributed by atoms with Gasteiger partial charge in [-0.1, -0.05) is 0 Å². The van der Waals surface area contributed by atoms with Crippen molar-refractivity contribution in [1.82, 2.24) is 5.32 Å². The predicted molar refractivity (Wildman–Crippen MR) is 56.5 cm³/mol. The first-order valence-corrected chi connectivity index (χ1v) is 5.45. The van der Waals surface area contributed by atoms with Gasteiger partial charge >= 0.3 is 0 Å². The Hall–Kier alpha value is -0.650. The van der Waals surface area contributed by atoms with Crippen LogP contribution in [0.1, 0.15) is 19.8 Å². The first-order chi connectivity index (χ1) is 7.24. The zero-order valence-corrected chi connectivity index (χ0v) is 9.20. The molecule has 1 amide bonds. The van der Waals surface area contributed by atoms with Gasteiger partial charge < -0.3 is 20.5 Å². The maximum atomic E-state index is 11.0. The summed E-state index contributed by atoms with van der Waals surface area (Å²) in [6.07, 6.45) is 2.26. The van der Waals surface area contributed by atoms with Crippen molar-refractivity contribution < 1.29 is 14.3 Å². The Morgan fingerprint density at radius 3 is 2.67 bits per heavy atom. The van der Waals surface area contributed by atoms with Gasteiger partial charge in [-0.3, -0.25) is 4.79 Å². The standard InChI is InChI=1S/C10H20N2O3/c1-2-14-5-6-15-7-9(10(11)13)12-8-3-4-8/h8-9,12H,2-7H2,1H3,(H2,11,13). The fourth-order valence-corrected chi connectivity index (χ4v) is 1.21. The second kappa shape index (κ2) is 6.76. The van der Waals surface area contributed by atoms with E-state index in [1.165, 1.54) is 0 Å². The average Bonchev–Trinajstić information content (AvgIpc) is 2.99. The molecule has 1 aliphatic carbocycles. The zero-order chi connectivity index (χ0) is 11.1. The van der Waals surface area contributed by atoms with Crippen LogP contribution in [0.25, 0.3) is 0 Å². The summed E-state index contributed by atoms with van der Waals surface area (Å²) in [6.45, 7) is 4.01. The van der Waals surface area contributed by atoms with Crippen molar-refractivity contribution in [3.8, 4) is 0 Å². The molecule has 5 nitrogen and oxygen atoms in total. The number of carbonyl (C=O) groups excluding carboxylic acids is 1. The lowest BCUT2D eigenvalue weighted by atomic mass is 10.3. The fraction of sp³-hybridized carbons (Fsp3) is 0.900. The predicted octanol–water partition coefficient (Wildman–Crippen LogP) is -0.355. The monoisotopic (exact) mass is 216 g/mol. The van der Waals surface area contributed by atoms with E-state index in [2.05, 4.69) is 5.32 Å². The summed E-state index contributed by atoms with van der Waals surface area (Å²) in [5.41, 5.74) is 5.24. The van der Waals surface area contributed by atoms with Crippen LogP contribution in [0.15, 0.2) is 0 Å². The third kappa shape index (κ3) is 5.71. The molecule has 1 atom stereocenters. The second-order valence-electron chi connectivity index (χ2n) is 3.67. The molecule has 0 saturated heterocycles. The van der Waals surface area contributed by atoms with Gasteiger partial charge in [-0.2, -0.15) is 0 Å². The van der Waals surface area contributed by atoms with Crippen molar-refractivity contribution in [1.29, 1.82) is 0 Å². The van der Waals surface area contributed by atoms with Crippen LogP contribution in [0.3, 0.4) is 0 Å². The summed E-state index contributed by atoms with van der Waals surface area (Å²) in [7, 11) is 0. The highest BCUT2D eigenvalue weighted by atomic mass is 16.5. The fourth-order valence-electron chi connectivity index (χ4n) is 1.21. The van der Waals surface area contributed by atoms with Gasteiger partial charge in [-0.05, 0) is 19.8 Å². The van der Waals surface area contributed by atoms with Crippen LogP contribution in [0.2, 0.25) is 0 Å². The van der Waals surface area contributed by atoms with Crippen LogP contribution in [0.5, 0.6) is 0 Å². The maximum Gasteiger partial charge on any atom is 0.236 e. The van der Waals surface area contributed by atoms with Gasteiger partial charge in [0.05, 0.1) is 19.8 Å². The van der Waals surface area contributed by atoms with E-state index in [9.17, 15) is 4.79 Å². The molecule has 0 heterocycles. The minimum Gasteiger partial charge on any atom is -0.379 e. The molecule has 0 bridgehead atoms. The van der Waals surface area contributed by atoms with Gasteiger partial charge in [-0.15, -0.1) is 0 Å². The van der Waals surface area contributed by atoms with Crippen molar-refractivity contribution in [2.75, 3.05) is 26.4 Å². The molecule has 1 unspecified atom stereocenters. The molecule has 1 rings (SSSR count). The van der Waals surface area contributed by atoms with Crippen LogP contribution < -0.4 is 11.1 Å². The SMILES string of the molecule is CCOCCOCC(NC1CC1)C(N)=O. The molecular weight excluding hydrogens is 196 g/mol. The normalized spacial score (nSPS) is 17.7. The van der Waals surface area contributed by atoms with Crippen LogP contribution in [-0.2, 0) is 14.3 Å². The molecule has 1 saturated carbocycles. The molecular formula is C10H20N2O3. The van der Waals surface area contributed by atoms with Crippen LogP contribution in [0.4, 0.5) is 0 Å². The summed E-state index contributed by atoms with van der Waals surface area (Å²) < 4.78 is 10.4. The van der Waals surface area contributed by atoms with E-state index in [-0.39, 0.29) is 11.9 Å². The Morgan fingerprint density at radius 2 is 2.13 bits per heavy atom. The lowest BCUT2D eigenvalue weighted by molar-refractivity contribution is -0.121. The summed E-state index contributed by atoms with van der Waals surface area (Å²) in [5.74, 6) is -0.349. The summed E-state index contributed by atoms with van der Waals surface area (Å²) in [5, 5.41) is 3.14. The topological polar surface area (TPSA) is 73.6 Å². The summed E-state index contributed by atoms with van der Waals surface area (Å²) in [4.78, 5) is 11.0. The van der Waals surface area contributed by atoms with Crippen molar-refractivity contribution in [2.45, 2.75) is 31.8 Å². The molecule has 0 spiro atoms. The smallest absolute Gasteiger partial charge is 0.236 e. The molecule has 15 heavy (non-hydrogen) atoms. The minimum atomic E-state index is -0.362. The van der Waals surface area contributed by atoms with Crippen molar-refractivity contribution >= 4 is 5.91 Å². The summed E-state index contributed by atoms with van der Waals surface area (Å²) >= 11 is 0. The van der Waals surface area contributed by atoms with E-state index >= 15 is 0 Å². The molecule has 0 aliphatic heterocycles. The van der Waals surface area contributed by atoms with E-state index in [1.54, 1.807) is 0 Å². The maximum absolute atomic E-state index is 11.0. The van der Waals surface area contributed by atoms with Gasteiger partial charge in [-0.25, -0.2) is 0 Å². The molecule has 5 heteroatoms. The molecule has 0 radical (unpaired) electrons. The second-order valence-corrected chi connectivity index (χ2v) is 3.67. The number of amides is 1. The number of ether oxygens (including phenoxy) is 2. The lowest BCUT2D eigenvalue weighted by Gasteiger charge is -2.14. The number of nitrogens with one attached hydrogen (secondary N) is 1. The van der Waals surface area contributed by atoms with Crippen molar-refractivity contribution in [3.05, 3.63) is 0 Å². The van der Waals surface area contributed by atoms with Gasteiger partial charge in [0, 0.05) is 12.6 Å². The Morgan fingerprint density at radius 1 is 1.47 bits per heavy atom. The first-order valence-electron chi connectivity index (χ1n) is 5.45. The minimum absolute atomic E-state index is 0.332. The Kier molecular flexibility index (Phi) is 5.60. The van der Waals surface area contributed by atoms with Gasteiger partial charge in [0.2, 0.25) is 5.91 Å². The third-order valence-electron chi connectivity index (χ3n) is 2.22. The van der Waals surface area contributed by atoms with Crippen LogP contribution in [0, 0.1) is 0 Å². The first kappa shape index (κ1) is 12.4. The number of hydrogen-bond acceptors (Lipinski definition) is 4. The van der Waals surface area contributed by atoms with Gasteiger partial charge in [0.25, 0.3) is 0 Å². The van der Waals surface area contributed by atoms with Crippen molar-refractivity contribution in [3.63, 3.8) is 0 Å².